The number of aliphatic hydroxyl groups excluding tert-OH is 4. The van der Waals surface area contributed by atoms with Crippen LogP contribution in [0.4, 0.5) is 0 Å². The van der Waals surface area contributed by atoms with Crippen LogP contribution in [-0.4, -0.2) is 69.4 Å². The summed E-state index contributed by atoms with van der Waals surface area (Å²) in [6.07, 6.45) is -1.66. The van der Waals surface area contributed by atoms with Crippen molar-refractivity contribution in [2.75, 3.05) is 19.7 Å². The van der Waals surface area contributed by atoms with Gasteiger partial charge in [-0.1, -0.05) is 6.08 Å². The molecule has 5 nitrogen and oxygen atoms in total. The highest BCUT2D eigenvalue weighted by Gasteiger charge is 2.40. The van der Waals surface area contributed by atoms with Gasteiger partial charge in [0.2, 0.25) is 0 Å². The third-order valence-electron chi connectivity index (χ3n) is 2.58. The molecule has 0 saturated carbocycles. The standard InChI is InChI=1S/C9H17NO4/c1-2-3-10-4-7(12)9(14)8(13)6(10)5-11/h2,6-9,11-14H,1,3-5H2. The lowest BCUT2D eigenvalue weighted by atomic mass is 9.94. The van der Waals surface area contributed by atoms with E-state index in [1.165, 1.54) is 0 Å². The molecule has 0 aromatic rings. The second-order valence-electron chi connectivity index (χ2n) is 3.54. The third-order valence-corrected chi connectivity index (χ3v) is 2.58. The Bertz CT molecular complexity index is 199. The van der Waals surface area contributed by atoms with Gasteiger partial charge in [0.05, 0.1) is 18.8 Å². The van der Waals surface area contributed by atoms with Crippen LogP contribution in [0.15, 0.2) is 12.7 Å². The number of rotatable bonds is 3. The first-order valence-corrected chi connectivity index (χ1v) is 4.61. The highest BCUT2D eigenvalue weighted by Crippen LogP contribution is 2.18. The number of β-amino-alcohol motifs (C(OH)–C–C–N with tert-alkyl or cyclic N) is 1. The van der Waals surface area contributed by atoms with Crippen LogP contribution in [-0.2, 0) is 0 Å². The van der Waals surface area contributed by atoms with E-state index in [0.29, 0.717) is 6.54 Å². The molecule has 1 fully saturated rings. The van der Waals surface area contributed by atoms with Gasteiger partial charge in [-0.05, 0) is 0 Å². The summed E-state index contributed by atoms with van der Waals surface area (Å²) in [5.74, 6) is 0. The van der Waals surface area contributed by atoms with Crippen molar-refractivity contribution < 1.29 is 20.4 Å². The monoisotopic (exact) mass is 203 g/mol. The van der Waals surface area contributed by atoms with Crippen LogP contribution in [0.25, 0.3) is 0 Å². The molecule has 1 aliphatic rings. The fraction of sp³-hybridized carbons (Fsp3) is 0.778. The Morgan fingerprint density at radius 2 is 1.93 bits per heavy atom. The largest absolute Gasteiger partial charge is 0.395 e. The fourth-order valence-corrected chi connectivity index (χ4v) is 1.75. The van der Waals surface area contributed by atoms with Crippen LogP contribution in [0.2, 0.25) is 0 Å². The molecule has 0 aliphatic carbocycles. The number of hydrogen-bond acceptors (Lipinski definition) is 5. The predicted molar refractivity (Wildman–Crippen MR) is 50.7 cm³/mol. The fourth-order valence-electron chi connectivity index (χ4n) is 1.75. The van der Waals surface area contributed by atoms with Crippen LogP contribution < -0.4 is 0 Å². The van der Waals surface area contributed by atoms with Gasteiger partial charge in [0.15, 0.2) is 0 Å². The average molecular weight is 203 g/mol. The minimum Gasteiger partial charge on any atom is -0.395 e. The Morgan fingerprint density at radius 1 is 1.29 bits per heavy atom. The molecular formula is C9H17NO4. The number of nitrogens with zero attached hydrogens (tertiary/aromatic N) is 1. The second-order valence-corrected chi connectivity index (χ2v) is 3.54. The van der Waals surface area contributed by atoms with Crippen LogP contribution in [0.1, 0.15) is 0 Å². The number of aliphatic hydroxyl groups is 4. The van der Waals surface area contributed by atoms with E-state index >= 15 is 0 Å². The van der Waals surface area contributed by atoms with Gasteiger partial charge < -0.3 is 20.4 Å². The van der Waals surface area contributed by atoms with E-state index in [1.54, 1.807) is 11.0 Å². The molecule has 82 valence electrons. The molecule has 1 aliphatic heterocycles. The predicted octanol–water partition coefficient (Wildman–Crippen LogP) is -2.07. The van der Waals surface area contributed by atoms with Crippen LogP contribution in [0.5, 0.6) is 0 Å². The lowest BCUT2D eigenvalue weighted by Gasteiger charge is -2.42. The zero-order valence-corrected chi connectivity index (χ0v) is 7.95. The molecule has 0 spiro atoms. The lowest BCUT2D eigenvalue weighted by molar-refractivity contribution is -0.142. The number of hydrogen-bond donors (Lipinski definition) is 4. The molecule has 0 aromatic carbocycles. The second kappa shape index (κ2) is 4.86. The van der Waals surface area contributed by atoms with Gasteiger partial charge in [0, 0.05) is 13.1 Å². The summed E-state index contributed by atoms with van der Waals surface area (Å²) < 4.78 is 0. The Hall–Kier alpha value is -0.460. The summed E-state index contributed by atoms with van der Waals surface area (Å²) in [7, 11) is 0. The van der Waals surface area contributed by atoms with Gasteiger partial charge >= 0.3 is 0 Å². The van der Waals surface area contributed by atoms with Gasteiger partial charge in [-0.25, -0.2) is 0 Å². The summed E-state index contributed by atoms with van der Waals surface area (Å²) in [4.78, 5) is 1.69. The molecule has 1 heterocycles. The van der Waals surface area contributed by atoms with E-state index in [9.17, 15) is 15.3 Å². The maximum Gasteiger partial charge on any atom is 0.109 e. The number of likely N-dealkylation sites (tertiary alicyclic amines) is 1. The molecular weight excluding hydrogens is 186 g/mol. The molecule has 0 radical (unpaired) electrons. The first-order chi connectivity index (χ1) is 6.61. The normalized spacial score (nSPS) is 39.7. The van der Waals surface area contributed by atoms with Gasteiger partial charge in [-0.15, -0.1) is 6.58 Å². The van der Waals surface area contributed by atoms with Gasteiger partial charge in [0.1, 0.15) is 12.2 Å². The summed E-state index contributed by atoms with van der Waals surface area (Å²) in [6.45, 7) is 3.99. The van der Waals surface area contributed by atoms with Crippen LogP contribution in [0, 0.1) is 0 Å². The van der Waals surface area contributed by atoms with Crippen molar-refractivity contribution in [2.45, 2.75) is 24.4 Å². The van der Waals surface area contributed by atoms with Gasteiger partial charge in [-0.3, -0.25) is 4.90 Å². The molecule has 0 aromatic heterocycles. The molecule has 4 atom stereocenters. The molecule has 0 bridgehead atoms. The maximum atomic E-state index is 9.56. The third kappa shape index (κ3) is 2.13. The summed E-state index contributed by atoms with van der Waals surface area (Å²) in [6, 6.07) is -0.536. The zero-order chi connectivity index (χ0) is 10.7. The smallest absolute Gasteiger partial charge is 0.109 e. The first kappa shape index (κ1) is 11.6. The van der Waals surface area contributed by atoms with Crippen LogP contribution >= 0.6 is 0 Å². The molecule has 1 saturated heterocycles. The van der Waals surface area contributed by atoms with Gasteiger partial charge in [-0.2, -0.15) is 0 Å². The van der Waals surface area contributed by atoms with E-state index in [-0.39, 0.29) is 13.2 Å². The summed E-state index contributed by atoms with van der Waals surface area (Å²) in [5, 5.41) is 37.4. The van der Waals surface area contributed by atoms with Crippen molar-refractivity contribution in [1.82, 2.24) is 4.90 Å². The summed E-state index contributed by atoms with van der Waals surface area (Å²) >= 11 is 0. The van der Waals surface area contributed by atoms with E-state index in [4.69, 9.17) is 5.11 Å². The maximum absolute atomic E-state index is 9.56. The van der Waals surface area contributed by atoms with Crippen LogP contribution in [0.3, 0.4) is 0 Å². The highest BCUT2D eigenvalue weighted by molar-refractivity contribution is 4.95. The van der Waals surface area contributed by atoms with Gasteiger partial charge in [0.25, 0.3) is 0 Å². The van der Waals surface area contributed by atoms with Crippen molar-refractivity contribution in [3.8, 4) is 0 Å². The lowest BCUT2D eigenvalue weighted by Crippen LogP contribution is -2.62. The van der Waals surface area contributed by atoms with E-state index < -0.39 is 24.4 Å². The van der Waals surface area contributed by atoms with Crippen molar-refractivity contribution in [3.05, 3.63) is 12.7 Å². The zero-order valence-electron chi connectivity index (χ0n) is 7.95. The molecule has 4 N–H and O–H groups in total. The first-order valence-electron chi connectivity index (χ1n) is 4.61. The molecule has 1 rings (SSSR count). The molecule has 5 heteroatoms. The van der Waals surface area contributed by atoms with Crippen molar-refractivity contribution >= 4 is 0 Å². The van der Waals surface area contributed by atoms with E-state index in [2.05, 4.69) is 6.58 Å². The quantitative estimate of drug-likeness (QED) is 0.396. The Labute approximate surface area is 82.9 Å². The topological polar surface area (TPSA) is 84.2 Å². The highest BCUT2D eigenvalue weighted by atomic mass is 16.4. The summed E-state index contributed by atoms with van der Waals surface area (Å²) in [5.41, 5.74) is 0. The van der Waals surface area contributed by atoms with Crippen molar-refractivity contribution in [3.63, 3.8) is 0 Å². The molecule has 4 unspecified atom stereocenters. The Kier molecular flexibility index (Phi) is 4.03. The van der Waals surface area contributed by atoms with Crippen molar-refractivity contribution in [2.24, 2.45) is 0 Å². The Balaban J connectivity index is 2.70. The minimum absolute atomic E-state index is 0.232. The van der Waals surface area contributed by atoms with E-state index in [0.717, 1.165) is 0 Å². The van der Waals surface area contributed by atoms with E-state index in [1.807, 2.05) is 0 Å². The van der Waals surface area contributed by atoms with Crippen molar-refractivity contribution in [1.29, 1.82) is 0 Å². The SMILES string of the molecule is C=CCN1CC(O)C(O)C(O)C1CO. The molecule has 14 heavy (non-hydrogen) atoms. The minimum atomic E-state index is -1.19. The average Bonchev–Trinajstić information content (AvgIpc) is 2.16. The molecule has 0 amide bonds. The Morgan fingerprint density at radius 3 is 2.43 bits per heavy atom. The number of piperidine rings is 1.